The third-order valence-electron chi connectivity index (χ3n) is 9.10. The van der Waals surface area contributed by atoms with Crippen LogP contribution < -0.4 is 4.74 Å². The Labute approximate surface area is 247 Å². The average molecular weight is 549 g/mol. The quantitative estimate of drug-likeness (QED) is 0.229. The lowest BCUT2D eigenvalue weighted by Crippen LogP contribution is -1.99. The van der Waals surface area contributed by atoms with E-state index < -0.39 is 0 Å². The Morgan fingerprint density at radius 1 is 0.442 bits per heavy atom. The first kappa shape index (κ1) is 22.8. The maximum atomic E-state index is 6.76. The summed E-state index contributed by atoms with van der Waals surface area (Å²) >= 11 is 0. The summed E-state index contributed by atoms with van der Waals surface area (Å²) in [6, 6.07) is 49.9. The van der Waals surface area contributed by atoms with Crippen LogP contribution in [0.4, 0.5) is 0 Å². The Balaban J connectivity index is 1.26. The van der Waals surface area contributed by atoms with Gasteiger partial charge in [0.25, 0.3) is 0 Å². The molecule has 1 aliphatic heterocycles. The predicted octanol–water partition coefficient (Wildman–Crippen LogP) is 11.0. The summed E-state index contributed by atoms with van der Waals surface area (Å²) in [4.78, 5) is 3.60. The summed E-state index contributed by atoms with van der Waals surface area (Å²) in [5.41, 5.74) is 10.5. The van der Waals surface area contributed by atoms with Gasteiger partial charge in [-0.1, -0.05) is 91.0 Å². The number of nitrogens with zero attached hydrogens (tertiary/aromatic N) is 1. The highest BCUT2D eigenvalue weighted by Gasteiger charge is 2.25. The van der Waals surface area contributed by atoms with Crippen molar-refractivity contribution < 1.29 is 4.74 Å². The van der Waals surface area contributed by atoms with Crippen LogP contribution in [0.3, 0.4) is 0 Å². The van der Waals surface area contributed by atoms with Crippen molar-refractivity contribution in [3.8, 4) is 39.4 Å². The summed E-state index contributed by atoms with van der Waals surface area (Å²) < 4.78 is 9.12. The van der Waals surface area contributed by atoms with Crippen LogP contribution in [0.1, 0.15) is 0 Å². The van der Waals surface area contributed by atoms with E-state index in [2.05, 4.69) is 149 Å². The van der Waals surface area contributed by atoms with Gasteiger partial charge in [-0.05, 0) is 64.5 Å². The second-order valence-electron chi connectivity index (χ2n) is 11.4. The number of fused-ring (bicyclic) bond motifs is 9. The van der Waals surface area contributed by atoms with E-state index >= 15 is 0 Å². The normalized spacial score (nSPS) is 12.4. The molecule has 0 saturated heterocycles. The Kier molecular flexibility index (Phi) is 4.45. The van der Waals surface area contributed by atoms with Gasteiger partial charge in [0.2, 0.25) is 0 Å². The maximum absolute atomic E-state index is 6.76. The molecule has 3 heteroatoms. The summed E-state index contributed by atoms with van der Waals surface area (Å²) in [6.07, 6.45) is 0. The molecule has 1 N–H and O–H groups in total. The molecular formula is C40H24N2O. The van der Waals surface area contributed by atoms with Crippen molar-refractivity contribution in [1.82, 2.24) is 9.55 Å². The zero-order valence-corrected chi connectivity index (χ0v) is 23.1. The van der Waals surface area contributed by atoms with Crippen molar-refractivity contribution in [2.45, 2.75) is 0 Å². The molecule has 1 aliphatic rings. The van der Waals surface area contributed by atoms with Crippen LogP contribution in [0.2, 0.25) is 0 Å². The molecule has 0 atom stereocenters. The lowest BCUT2D eigenvalue weighted by Gasteiger charge is -2.23. The number of nitrogens with one attached hydrogen (secondary N) is 1. The summed E-state index contributed by atoms with van der Waals surface area (Å²) in [6.45, 7) is 0. The minimum atomic E-state index is 0.886. The molecule has 0 unspecified atom stereocenters. The second-order valence-corrected chi connectivity index (χ2v) is 11.4. The van der Waals surface area contributed by atoms with E-state index in [0.29, 0.717) is 0 Å². The summed E-state index contributed by atoms with van der Waals surface area (Å²) in [5.74, 6) is 1.79. The van der Waals surface area contributed by atoms with Crippen LogP contribution in [-0.4, -0.2) is 9.55 Å². The molecule has 0 fully saturated rings. The number of ether oxygens (including phenoxy) is 1. The highest BCUT2D eigenvalue weighted by molar-refractivity contribution is 6.25. The fourth-order valence-corrected chi connectivity index (χ4v) is 7.32. The third kappa shape index (κ3) is 3.08. The largest absolute Gasteiger partial charge is 0.456 e. The molecule has 0 aliphatic carbocycles. The first-order chi connectivity index (χ1) is 21.3. The predicted molar refractivity (Wildman–Crippen MR) is 179 cm³/mol. The van der Waals surface area contributed by atoms with Crippen LogP contribution in [-0.2, 0) is 0 Å². The van der Waals surface area contributed by atoms with Crippen molar-refractivity contribution in [3.63, 3.8) is 0 Å². The Bertz CT molecular complexity index is 2590. The van der Waals surface area contributed by atoms with Gasteiger partial charge >= 0.3 is 0 Å². The number of aromatic nitrogens is 2. The van der Waals surface area contributed by atoms with Crippen LogP contribution in [0, 0.1) is 0 Å². The third-order valence-corrected chi connectivity index (χ3v) is 9.10. The highest BCUT2D eigenvalue weighted by Crippen LogP contribution is 2.51. The van der Waals surface area contributed by atoms with Crippen LogP contribution in [0.15, 0.2) is 140 Å². The van der Waals surface area contributed by atoms with E-state index in [1.807, 2.05) is 0 Å². The number of para-hydroxylation sites is 3. The van der Waals surface area contributed by atoms with Crippen molar-refractivity contribution >= 4 is 54.4 Å². The van der Waals surface area contributed by atoms with E-state index in [1.54, 1.807) is 0 Å². The number of H-pyrrole nitrogens is 1. The number of hydrogen-bond donors (Lipinski definition) is 1. The van der Waals surface area contributed by atoms with Crippen molar-refractivity contribution in [2.24, 2.45) is 0 Å². The molecule has 0 radical (unpaired) electrons. The fraction of sp³-hybridized carbons (Fsp3) is 0. The zero-order chi connectivity index (χ0) is 28.1. The van der Waals surface area contributed by atoms with Gasteiger partial charge < -0.3 is 14.3 Å². The van der Waals surface area contributed by atoms with Gasteiger partial charge in [0.1, 0.15) is 11.5 Å². The lowest BCUT2D eigenvalue weighted by atomic mass is 9.90. The van der Waals surface area contributed by atoms with Gasteiger partial charge in [0, 0.05) is 55.3 Å². The zero-order valence-electron chi connectivity index (χ0n) is 23.1. The molecule has 3 heterocycles. The number of benzene rings is 7. The van der Waals surface area contributed by atoms with Crippen LogP contribution in [0.5, 0.6) is 11.5 Å². The number of aromatic amines is 1. The molecule has 200 valence electrons. The van der Waals surface area contributed by atoms with E-state index in [1.165, 1.54) is 54.5 Å². The molecule has 0 amide bonds. The van der Waals surface area contributed by atoms with Crippen LogP contribution in [0.25, 0.3) is 82.3 Å². The molecule has 0 saturated carbocycles. The molecule has 43 heavy (non-hydrogen) atoms. The van der Waals surface area contributed by atoms with E-state index in [4.69, 9.17) is 4.74 Å². The van der Waals surface area contributed by atoms with Gasteiger partial charge in [-0.2, -0.15) is 0 Å². The van der Waals surface area contributed by atoms with Gasteiger partial charge in [-0.25, -0.2) is 0 Å². The Hall–Kier alpha value is -5.80. The second kappa shape index (κ2) is 8.37. The standard InChI is InChI=1S/C40H24N2O/c1-2-10-25(11-3-1)42-34-19-7-5-13-29(34)39-30-16-8-15-27-31-22-24(20-21-36(31)43-37(40(27)30)23-35(39)42)26-14-9-18-33-38(26)28-12-4-6-17-32(28)41-33/h1-23,41H. The molecule has 0 spiro atoms. The fourth-order valence-electron chi connectivity index (χ4n) is 7.32. The Morgan fingerprint density at radius 2 is 1.19 bits per heavy atom. The van der Waals surface area contributed by atoms with E-state index in [9.17, 15) is 0 Å². The molecule has 9 aromatic rings. The molecule has 2 aromatic heterocycles. The number of rotatable bonds is 2. The molecule has 3 nitrogen and oxygen atoms in total. The number of hydrogen-bond acceptors (Lipinski definition) is 1. The molecule has 0 bridgehead atoms. The lowest BCUT2D eigenvalue weighted by molar-refractivity contribution is 0.487. The van der Waals surface area contributed by atoms with Gasteiger partial charge in [-0.3, -0.25) is 0 Å². The van der Waals surface area contributed by atoms with Crippen molar-refractivity contribution in [3.05, 3.63) is 140 Å². The van der Waals surface area contributed by atoms with Gasteiger partial charge in [0.05, 0.1) is 11.0 Å². The van der Waals surface area contributed by atoms with E-state index in [0.717, 1.165) is 39.3 Å². The highest BCUT2D eigenvalue weighted by atomic mass is 16.5. The maximum Gasteiger partial charge on any atom is 0.138 e. The Morgan fingerprint density at radius 3 is 2.12 bits per heavy atom. The van der Waals surface area contributed by atoms with Gasteiger partial charge in [0.15, 0.2) is 0 Å². The molecule has 7 aromatic carbocycles. The van der Waals surface area contributed by atoms with E-state index in [-0.39, 0.29) is 0 Å². The summed E-state index contributed by atoms with van der Waals surface area (Å²) in [7, 11) is 0. The average Bonchev–Trinajstić information content (AvgIpc) is 3.61. The first-order valence-electron chi connectivity index (χ1n) is 14.7. The monoisotopic (exact) mass is 548 g/mol. The van der Waals surface area contributed by atoms with Crippen LogP contribution >= 0.6 is 0 Å². The molecule has 10 rings (SSSR count). The minimum Gasteiger partial charge on any atom is -0.456 e. The first-order valence-corrected chi connectivity index (χ1v) is 14.7. The van der Waals surface area contributed by atoms with Crippen molar-refractivity contribution in [2.75, 3.05) is 0 Å². The SMILES string of the molecule is c1ccc(-n2c3ccccc3c3c4cccc5c4c(cc32)Oc2ccc(-c3cccc4[nH]c6ccccc6c34)cc2-5)cc1. The topological polar surface area (TPSA) is 29.9 Å². The minimum absolute atomic E-state index is 0.886. The summed E-state index contributed by atoms with van der Waals surface area (Å²) in [5, 5.41) is 7.38. The van der Waals surface area contributed by atoms with Crippen molar-refractivity contribution in [1.29, 1.82) is 0 Å². The van der Waals surface area contributed by atoms with Gasteiger partial charge in [-0.15, -0.1) is 0 Å². The smallest absolute Gasteiger partial charge is 0.138 e. The molecular weight excluding hydrogens is 524 g/mol.